The molecule has 28 heavy (non-hydrogen) atoms. The third kappa shape index (κ3) is 4.31. The number of carbonyl (C=O) groups excluding carboxylic acids is 1. The number of hydrogen-bond donors (Lipinski definition) is 0. The van der Waals surface area contributed by atoms with Crippen LogP contribution in [0.5, 0.6) is 0 Å². The lowest BCUT2D eigenvalue weighted by atomic mass is 10.00. The average Bonchev–Trinajstić information content (AvgIpc) is 3.47. The van der Waals surface area contributed by atoms with E-state index in [9.17, 15) is 4.79 Å². The molecule has 1 aromatic heterocycles. The molecule has 4 nitrogen and oxygen atoms in total. The van der Waals surface area contributed by atoms with Crippen LogP contribution in [0.15, 0.2) is 46.9 Å². The number of thioether (sulfide) groups is 1. The van der Waals surface area contributed by atoms with E-state index in [1.165, 1.54) is 30.2 Å². The zero-order valence-corrected chi connectivity index (χ0v) is 18.3. The topological polar surface area (TPSA) is 35.9 Å². The highest BCUT2D eigenvalue weighted by Crippen LogP contribution is 2.34. The van der Waals surface area contributed by atoms with E-state index >= 15 is 0 Å². The number of hydrazone groups is 1. The summed E-state index contributed by atoms with van der Waals surface area (Å²) < 4.78 is 0.833. The largest absolute Gasteiger partial charge is 0.358 e. The Kier molecular flexibility index (Phi) is 6.13. The highest BCUT2D eigenvalue weighted by atomic mass is 32.2. The summed E-state index contributed by atoms with van der Waals surface area (Å²) in [6, 6.07) is 12.5. The van der Waals surface area contributed by atoms with Crippen molar-refractivity contribution in [3.8, 4) is 0 Å². The first-order valence-corrected chi connectivity index (χ1v) is 11.8. The maximum Gasteiger partial charge on any atom is 0.253 e. The van der Waals surface area contributed by atoms with Crippen LogP contribution in [-0.2, 0) is 4.79 Å². The molecule has 0 spiro atoms. The summed E-state index contributed by atoms with van der Waals surface area (Å²) in [5.74, 6) is 0.350. The number of benzene rings is 1. The lowest BCUT2D eigenvalue weighted by Crippen LogP contribution is -2.30. The van der Waals surface area contributed by atoms with Crippen molar-refractivity contribution in [3.05, 3.63) is 57.8 Å². The second kappa shape index (κ2) is 8.76. The second-order valence-electron chi connectivity index (χ2n) is 7.14. The van der Waals surface area contributed by atoms with Crippen LogP contribution in [0.4, 0.5) is 0 Å². The van der Waals surface area contributed by atoms with Gasteiger partial charge in [0.1, 0.15) is 4.32 Å². The molecule has 0 aliphatic carbocycles. The highest BCUT2D eigenvalue weighted by molar-refractivity contribution is 8.23. The number of hydrogen-bond acceptors (Lipinski definition) is 5. The first-order valence-electron chi connectivity index (χ1n) is 9.53. The highest BCUT2D eigenvalue weighted by Gasteiger charge is 2.33. The molecule has 0 bridgehead atoms. The molecule has 1 atom stereocenters. The van der Waals surface area contributed by atoms with Gasteiger partial charge in [-0.25, -0.2) is 5.01 Å². The number of nitrogens with zero attached hydrogens (tertiary/aromatic N) is 3. The third-order valence-electron chi connectivity index (χ3n) is 5.12. The van der Waals surface area contributed by atoms with Gasteiger partial charge in [0.25, 0.3) is 5.91 Å². The Hall–Kier alpha value is -1.70. The van der Waals surface area contributed by atoms with Crippen LogP contribution in [0, 0.1) is 6.92 Å². The zero-order valence-electron chi connectivity index (χ0n) is 15.8. The summed E-state index contributed by atoms with van der Waals surface area (Å²) in [5, 5.41) is 8.46. The summed E-state index contributed by atoms with van der Waals surface area (Å²) >= 11 is 8.65. The third-order valence-corrected chi connectivity index (χ3v) is 7.54. The van der Waals surface area contributed by atoms with Gasteiger partial charge in [0.15, 0.2) is 0 Å². The fraction of sp³-hybridized carbons (Fsp3) is 0.381. The fourth-order valence-electron chi connectivity index (χ4n) is 3.56. The maximum atomic E-state index is 13.1. The van der Waals surface area contributed by atoms with Gasteiger partial charge in [0.05, 0.1) is 22.4 Å². The number of carbonyl (C=O) groups is 1. The van der Waals surface area contributed by atoms with E-state index in [0.29, 0.717) is 5.75 Å². The van der Waals surface area contributed by atoms with E-state index < -0.39 is 0 Å². The van der Waals surface area contributed by atoms with Gasteiger partial charge in [-0.05, 0) is 36.8 Å². The Morgan fingerprint density at radius 2 is 2.00 bits per heavy atom. The van der Waals surface area contributed by atoms with Crippen LogP contribution in [0.1, 0.15) is 41.3 Å². The molecule has 2 aromatic rings. The number of rotatable bonds is 4. The minimum absolute atomic E-state index is 0.0173. The van der Waals surface area contributed by atoms with E-state index in [-0.39, 0.29) is 11.9 Å². The molecule has 0 radical (unpaired) electrons. The van der Waals surface area contributed by atoms with Crippen LogP contribution in [0.2, 0.25) is 0 Å². The SMILES string of the molecule is Cc1ccc([C@@H]2CC(c3cccs3)=NN2C(=O)CSC(=S)N2CCCC2)cc1. The van der Waals surface area contributed by atoms with Crippen molar-refractivity contribution in [1.82, 2.24) is 9.91 Å². The van der Waals surface area contributed by atoms with Crippen molar-refractivity contribution in [2.24, 2.45) is 5.10 Å². The molecule has 1 aromatic carbocycles. The molecule has 2 aliphatic rings. The van der Waals surface area contributed by atoms with Crippen molar-refractivity contribution in [3.63, 3.8) is 0 Å². The van der Waals surface area contributed by atoms with E-state index in [1.807, 2.05) is 11.4 Å². The quantitative estimate of drug-likeness (QED) is 0.651. The summed E-state index contributed by atoms with van der Waals surface area (Å²) in [5.41, 5.74) is 3.33. The van der Waals surface area contributed by atoms with Gasteiger partial charge in [-0.2, -0.15) is 5.10 Å². The Morgan fingerprint density at radius 3 is 2.68 bits per heavy atom. The van der Waals surface area contributed by atoms with Gasteiger partial charge in [0, 0.05) is 19.5 Å². The molecule has 1 fully saturated rings. The molecule has 0 unspecified atom stereocenters. The second-order valence-corrected chi connectivity index (χ2v) is 9.70. The number of aryl methyl sites for hydroxylation is 1. The van der Waals surface area contributed by atoms with E-state index in [4.69, 9.17) is 17.3 Å². The molecule has 0 saturated carbocycles. The molecule has 7 heteroatoms. The smallest absolute Gasteiger partial charge is 0.253 e. The lowest BCUT2D eigenvalue weighted by molar-refractivity contribution is -0.130. The monoisotopic (exact) mass is 429 g/mol. The molecule has 0 N–H and O–H groups in total. The summed E-state index contributed by atoms with van der Waals surface area (Å²) in [7, 11) is 0. The zero-order chi connectivity index (χ0) is 19.5. The van der Waals surface area contributed by atoms with Crippen molar-refractivity contribution < 1.29 is 4.79 Å². The molecule has 4 rings (SSSR count). The minimum Gasteiger partial charge on any atom is -0.358 e. The molecule has 3 heterocycles. The van der Waals surface area contributed by atoms with Crippen molar-refractivity contribution in [2.45, 2.75) is 32.2 Å². The van der Waals surface area contributed by atoms with Crippen LogP contribution in [0.25, 0.3) is 0 Å². The van der Waals surface area contributed by atoms with Gasteiger partial charge in [-0.1, -0.05) is 59.9 Å². The summed E-state index contributed by atoms with van der Waals surface area (Å²) in [4.78, 5) is 16.4. The van der Waals surface area contributed by atoms with Crippen LogP contribution >= 0.6 is 35.3 Å². The fourth-order valence-corrected chi connectivity index (χ4v) is 5.39. The first-order chi connectivity index (χ1) is 13.6. The van der Waals surface area contributed by atoms with Crippen LogP contribution in [0.3, 0.4) is 0 Å². The molecular weight excluding hydrogens is 406 g/mol. The average molecular weight is 430 g/mol. The molecule has 146 valence electrons. The van der Waals surface area contributed by atoms with Gasteiger partial charge in [-0.3, -0.25) is 4.79 Å². The van der Waals surface area contributed by atoms with Crippen molar-refractivity contribution in [2.75, 3.05) is 18.8 Å². The summed E-state index contributed by atoms with van der Waals surface area (Å²) in [6.45, 7) is 4.09. The normalized spacial score (nSPS) is 19.2. The Morgan fingerprint density at radius 1 is 1.25 bits per heavy atom. The van der Waals surface area contributed by atoms with Gasteiger partial charge in [-0.15, -0.1) is 11.3 Å². The number of amides is 1. The van der Waals surface area contributed by atoms with Crippen molar-refractivity contribution >= 4 is 51.3 Å². The first kappa shape index (κ1) is 19.6. The van der Waals surface area contributed by atoms with Crippen molar-refractivity contribution in [1.29, 1.82) is 0 Å². The molecule has 1 saturated heterocycles. The van der Waals surface area contributed by atoms with E-state index in [0.717, 1.165) is 40.0 Å². The number of thiocarbonyl (C=S) groups is 1. The predicted octanol–water partition coefficient (Wildman–Crippen LogP) is 4.85. The minimum atomic E-state index is -0.0499. The standard InChI is InChI=1S/C21H23N3OS3/c1-15-6-8-16(9-7-15)18-13-17(19-5-4-12-27-19)22-24(18)20(25)14-28-21(26)23-10-2-3-11-23/h4-9,12,18H,2-3,10-11,13-14H2,1H3/t18-/m0/s1. The van der Waals surface area contributed by atoms with E-state index in [2.05, 4.69) is 42.2 Å². The molecule has 1 amide bonds. The maximum absolute atomic E-state index is 13.1. The number of thiophene rings is 1. The van der Waals surface area contributed by atoms with Crippen LogP contribution < -0.4 is 0 Å². The van der Waals surface area contributed by atoms with Gasteiger partial charge >= 0.3 is 0 Å². The molecular formula is C21H23N3OS3. The lowest BCUT2D eigenvalue weighted by Gasteiger charge is -2.23. The van der Waals surface area contributed by atoms with E-state index in [1.54, 1.807) is 16.3 Å². The molecule has 2 aliphatic heterocycles. The van der Waals surface area contributed by atoms with Gasteiger partial charge < -0.3 is 4.90 Å². The van der Waals surface area contributed by atoms with Gasteiger partial charge in [0.2, 0.25) is 0 Å². The Bertz CT molecular complexity index is 871. The Labute approximate surface area is 179 Å². The predicted molar refractivity (Wildman–Crippen MR) is 122 cm³/mol. The Balaban J connectivity index is 1.50. The summed E-state index contributed by atoms with van der Waals surface area (Å²) in [6.07, 6.45) is 3.12. The number of likely N-dealkylation sites (tertiary alicyclic amines) is 1. The van der Waals surface area contributed by atoms with Crippen LogP contribution in [-0.4, -0.2) is 44.7 Å².